The summed E-state index contributed by atoms with van der Waals surface area (Å²) in [6.07, 6.45) is 10.4. The number of nitrogens with zero attached hydrogens (tertiary/aromatic N) is 1. The normalized spacial score (nSPS) is 32.2. The molecule has 4 aliphatic rings. The van der Waals surface area contributed by atoms with Crippen LogP contribution in [0, 0.1) is 11.8 Å². The number of nitrogens with one attached hydrogen (secondary N) is 1. The molecule has 1 unspecified atom stereocenters. The third-order valence-corrected chi connectivity index (χ3v) is 12.7. The Morgan fingerprint density at radius 3 is 2.84 bits per heavy atom. The fourth-order valence-electron chi connectivity index (χ4n) is 7.76. The molecule has 2 heterocycles. The summed E-state index contributed by atoms with van der Waals surface area (Å²) in [6.45, 7) is 3.50. The Morgan fingerprint density at radius 2 is 2.09 bits per heavy atom. The van der Waals surface area contributed by atoms with E-state index in [4.69, 9.17) is 21.1 Å². The number of amides is 1. The van der Waals surface area contributed by atoms with Crippen molar-refractivity contribution in [2.24, 2.45) is 11.8 Å². The highest BCUT2D eigenvalue weighted by Crippen LogP contribution is 2.47. The minimum Gasteiger partial charge on any atom is -0.490 e. The lowest BCUT2D eigenvalue weighted by Crippen LogP contribution is -2.49. The Hall–Kier alpha value is -3.01. The van der Waals surface area contributed by atoms with Crippen molar-refractivity contribution in [2.75, 3.05) is 31.2 Å². The highest BCUT2D eigenvalue weighted by molar-refractivity contribution is 7.99. The number of fused-ring (bicyclic) bond motifs is 4. The zero-order chi connectivity index (χ0) is 31.8. The van der Waals surface area contributed by atoms with E-state index >= 15 is 0 Å². The van der Waals surface area contributed by atoms with E-state index in [0.717, 1.165) is 42.8 Å². The maximum Gasteiger partial charge on any atom is 0.329 e. The summed E-state index contributed by atoms with van der Waals surface area (Å²) in [6, 6.07) is 11.6. The summed E-state index contributed by atoms with van der Waals surface area (Å²) in [5, 5.41) is 9.83. The maximum atomic E-state index is 13.7. The summed E-state index contributed by atoms with van der Waals surface area (Å²) in [5.41, 5.74) is 3.49. The average Bonchev–Trinajstić information content (AvgIpc) is 3.13. The predicted octanol–water partition coefficient (Wildman–Crippen LogP) is 5.80. The van der Waals surface area contributed by atoms with Gasteiger partial charge in [-0.15, -0.1) is 0 Å². The number of carbonyl (C=O) groups is 2. The average molecular weight is 655 g/mol. The monoisotopic (exact) mass is 654 g/mol. The van der Waals surface area contributed by atoms with Gasteiger partial charge in [0.15, 0.2) is 0 Å². The number of halogens is 1. The van der Waals surface area contributed by atoms with Crippen LogP contribution >= 0.6 is 11.6 Å². The second kappa shape index (κ2) is 13.0. The minimum absolute atomic E-state index is 0.153. The zero-order valence-corrected chi connectivity index (χ0v) is 27.4. The molecule has 2 N–H and O–H groups in total. The molecule has 1 saturated carbocycles. The molecular formula is C35H43ClN2O6S. The van der Waals surface area contributed by atoms with E-state index in [9.17, 15) is 18.9 Å². The molecule has 2 bridgehead atoms. The van der Waals surface area contributed by atoms with Gasteiger partial charge >= 0.3 is 5.97 Å². The lowest BCUT2D eigenvalue weighted by atomic mass is 9.68. The minimum atomic E-state index is -2.94. The number of rotatable bonds is 4. The van der Waals surface area contributed by atoms with Gasteiger partial charge in [-0.05, 0) is 111 Å². The number of benzene rings is 2. The van der Waals surface area contributed by atoms with Crippen molar-refractivity contribution in [3.8, 4) is 5.75 Å². The van der Waals surface area contributed by atoms with Gasteiger partial charge in [-0.3, -0.25) is 9.52 Å². The van der Waals surface area contributed by atoms with Crippen LogP contribution in [0.15, 0.2) is 48.6 Å². The zero-order valence-electron chi connectivity index (χ0n) is 25.8. The number of carboxylic acid groups (broad SMARTS) is 1. The molecule has 10 heteroatoms. The molecule has 2 aromatic carbocycles. The standard InChI is InChI=1S/C35H43ClN2O6S/c1-3-27-8-4-5-9-31(43-20-33(39)40)28-13-10-25(28)19-38-21-35(16-6-7-23-17-26(36)12-14-29(23)35)22-44-32-15-11-24(18-30(32)38)34(41)37-45(27,2)42/h5,9,11-12,14-15,17-18,25,27-28,31H,2-4,6-8,10,13,16,19-22H2,1H3,(H,39,40)(H,37,41,42)/b9-5+/t25-,27+,28+,31-,35-,45?/m0/s1. The molecule has 2 aromatic rings. The number of aryl methyl sites for hydroxylation is 1. The van der Waals surface area contributed by atoms with Gasteiger partial charge in [0.05, 0.1) is 28.1 Å². The van der Waals surface area contributed by atoms with E-state index in [1.807, 2.05) is 37.3 Å². The molecule has 2 aliphatic carbocycles. The van der Waals surface area contributed by atoms with Gasteiger partial charge < -0.3 is 19.5 Å². The number of aliphatic carboxylic acids is 1. The first-order valence-corrected chi connectivity index (χ1v) is 18.2. The first-order chi connectivity index (χ1) is 21.6. The first kappa shape index (κ1) is 32.0. The summed E-state index contributed by atoms with van der Waals surface area (Å²) in [7, 11) is -2.94. The number of hydrogen-bond donors (Lipinski definition) is 2. The number of anilines is 1. The summed E-state index contributed by atoms with van der Waals surface area (Å²) in [5.74, 6) is 3.70. The highest BCUT2D eigenvalue weighted by atomic mass is 35.5. The third kappa shape index (κ3) is 6.62. The van der Waals surface area contributed by atoms with Crippen LogP contribution in [0.1, 0.15) is 73.4 Å². The van der Waals surface area contributed by atoms with Crippen LogP contribution in [0.5, 0.6) is 5.75 Å². The molecule has 6 atom stereocenters. The lowest BCUT2D eigenvalue weighted by Gasteiger charge is -2.46. The Labute approximate surface area is 271 Å². The molecule has 45 heavy (non-hydrogen) atoms. The third-order valence-electron chi connectivity index (χ3n) is 10.3. The maximum absolute atomic E-state index is 13.7. The van der Waals surface area contributed by atoms with Crippen LogP contribution in [-0.2, 0) is 31.1 Å². The molecule has 242 valence electrons. The fourth-order valence-corrected chi connectivity index (χ4v) is 9.61. The molecule has 8 nitrogen and oxygen atoms in total. The van der Waals surface area contributed by atoms with Crippen molar-refractivity contribution in [1.82, 2.24) is 4.72 Å². The van der Waals surface area contributed by atoms with Gasteiger partial charge in [0.1, 0.15) is 12.4 Å². The van der Waals surface area contributed by atoms with Crippen molar-refractivity contribution < 1.29 is 28.4 Å². The number of carboxylic acids is 1. The van der Waals surface area contributed by atoms with Gasteiger partial charge in [-0.1, -0.05) is 36.7 Å². The Kier molecular flexibility index (Phi) is 9.24. The molecule has 6 rings (SSSR count). The Bertz CT molecular complexity index is 1590. The highest BCUT2D eigenvalue weighted by Gasteiger charge is 2.44. The Balaban J connectivity index is 1.42. The van der Waals surface area contributed by atoms with Crippen molar-refractivity contribution in [3.63, 3.8) is 0 Å². The predicted molar refractivity (Wildman–Crippen MR) is 179 cm³/mol. The molecule has 1 amide bonds. The lowest BCUT2D eigenvalue weighted by molar-refractivity contribution is -0.145. The summed E-state index contributed by atoms with van der Waals surface area (Å²) < 4.78 is 29.1. The van der Waals surface area contributed by atoms with Crippen molar-refractivity contribution >= 4 is 44.7 Å². The second-order valence-electron chi connectivity index (χ2n) is 13.2. The smallest absolute Gasteiger partial charge is 0.329 e. The van der Waals surface area contributed by atoms with Crippen molar-refractivity contribution in [3.05, 3.63) is 70.3 Å². The van der Waals surface area contributed by atoms with Crippen LogP contribution in [0.3, 0.4) is 0 Å². The van der Waals surface area contributed by atoms with Crippen LogP contribution in [0.25, 0.3) is 0 Å². The number of carbonyl (C=O) groups excluding carboxylic acids is 1. The molecule has 2 aliphatic heterocycles. The van der Waals surface area contributed by atoms with Crippen LogP contribution in [0.2, 0.25) is 5.02 Å². The number of hydrogen-bond acceptors (Lipinski definition) is 6. The number of allylic oxidation sites excluding steroid dienone is 1. The van der Waals surface area contributed by atoms with E-state index in [1.54, 1.807) is 6.07 Å². The van der Waals surface area contributed by atoms with Gasteiger partial charge in [0, 0.05) is 34.3 Å². The number of ether oxygens (including phenoxy) is 2. The molecular weight excluding hydrogens is 612 g/mol. The van der Waals surface area contributed by atoms with Crippen molar-refractivity contribution in [1.29, 1.82) is 0 Å². The SMILES string of the molecule is C=S1(=O)NC(=O)c2ccc3c(c2)N(C[C@@H]2CC[C@H]2[C@@H](OCC(=O)O)/C=C/CC[C@H]1CC)C[C@@]1(CCCc2cc(Cl)ccc21)CO3. The van der Waals surface area contributed by atoms with E-state index < -0.39 is 21.6 Å². The largest absolute Gasteiger partial charge is 0.490 e. The van der Waals surface area contributed by atoms with Gasteiger partial charge in [0.2, 0.25) is 0 Å². The van der Waals surface area contributed by atoms with Crippen LogP contribution in [-0.4, -0.2) is 64.7 Å². The fraction of sp³-hybridized carbons (Fsp3) is 0.514. The topological polar surface area (TPSA) is 105 Å². The second-order valence-corrected chi connectivity index (χ2v) is 15.9. The van der Waals surface area contributed by atoms with Gasteiger partial charge in [-0.25, -0.2) is 9.00 Å². The Morgan fingerprint density at radius 1 is 1.24 bits per heavy atom. The van der Waals surface area contributed by atoms with E-state index in [2.05, 4.69) is 27.6 Å². The van der Waals surface area contributed by atoms with Crippen molar-refractivity contribution in [2.45, 2.75) is 75.1 Å². The first-order valence-electron chi connectivity index (χ1n) is 16.1. The van der Waals surface area contributed by atoms with E-state index in [-0.39, 0.29) is 35.2 Å². The summed E-state index contributed by atoms with van der Waals surface area (Å²) >= 11 is 6.42. The molecule has 0 saturated heterocycles. The van der Waals surface area contributed by atoms with Gasteiger partial charge in [-0.2, -0.15) is 0 Å². The molecule has 1 spiro atoms. The van der Waals surface area contributed by atoms with Crippen LogP contribution in [0.4, 0.5) is 5.69 Å². The molecule has 1 fully saturated rings. The molecule has 0 radical (unpaired) electrons. The molecule has 0 aromatic heterocycles. The van der Waals surface area contributed by atoms with Crippen LogP contribution < -0.4 is 14.4 Å². The summed E-state index contributed by atoms with van der Waals surface area (Å²) in [4.78, 5) is 27.4. The van der Waals surface area contributed by atoms with E-state index in [0.29, 0.717) is 50.3 Å². The van der Waals surface area contributed by atoms with Gasteiger partial charge in [0.25, 0.3) is 5.91 Å². The van der Waals surface area contributed by atoms with E-state index in [1.165, 1.54) is 11.1 Å². The quantitative estimate of drug-likeness (QED) is 0.317.